The van der Waals surface area contributed by atoms with E-state index in [9.17, 15) is 4.79 Å². The Morgan fingerprint density at radius 3 is 2.48 bits per heavy atom. The van der Waals surface area contributed by atoms with Gasteiger partial charge in [-0.2, -0.15) is 5.06 Å². The van der Waals surface area contributed by atoms with Gasteiger partial charge in [0.25, 0.3) is 0 Å². The molecular formula is C16H20BrNO3. The number of nitrogens with zero attached hydrogens (tertiary/aromatic N) is 1. The average molecular weight is 354 g/mol. The lowest BCUT2D eigenvalue weighted by Gasteiger charge is -2.39. The molecule has 1 amide bonds. The fourth-order valence-corrected chi connectivity index (χ4v) is 3.00. The topological polar surface area (TPSA) is 38.8 Å². The highest BCUT2D eigenvalue weighted by Gasteiger charge is 2.35. The Kier molecular flexibility index (Phi) is 4.74. The zero-order chi connectivity index (χ0) is 15.6. The summed E-state index contributed by atoms with van der Waals surface area (Å²) in [5.41, 5.74) is 2.62. The van der Waals surface area contributed by atoms with Crippen LogP contribution in [0, 0.1) is 0 Å². The van der Waals surface area contributed by atoms with E-state index in [1.807, 2.05) is 38.1 Å². The van der Waals surface area contributed by atoms with E-state index in [0.29, 0.717) is 5.33 Å². The summed E-state index contributed by atoms with van der Waals surface area (Å²) in [6, 6.07) is 7.87. The number of alkyl halides is 1. The normalized spacial score (nSPS) is 17.9. The van der Waals surface area contributed by atoms with Gasteiger partial charge < -0.3 is 4.74 Å². The van der Waals surface area contributed by atoms with Gasteiger partial charge in [0.1, 0.15) is 5.75 Å². The van der Waals surface area contributed by atoms with Crippen LogP contribution in [-0.4, -0.2) is 29.0 Å². The molecule has 0 aliphatic carbocycles. The molecule has 0 saturated heterocycles. The maximum absolute atomic E-state index is 11.9. The zero-order valence-corrected chi connectivity index (χ0v) is 14.4. The molecule has 0 unspecified atom stereocenters. The van der Waals surface area contributed by atoms with Crippen LogP contribution in [0.5, 0.6) is 5.75 Å². The molecule has 1 aliphatic heterocycles. The van der Waals surface area contributed by atoms with Gasteiger partial charge in [-0.1, -0.05) is 28.1 Å². The summed E-state index contributed by atoms with van der Waals surface area (Å²) in [5.74, 6) is 0.692. The zero-order valence-electron chi connectivity index (χ0n) is 12.8. The van der Waals surface area contributed by atoms with Crippen LogP contribution in [0.25, 0.3) is 5.57 Å². The highest BCUT2D eigenvalue weighted by molar-refractivity contribution is 9.09. The monoisotopic (exact) mass is 353 g/mol. The van der Waals surface area contributed by atoms with Crippen LogP contribution in [-0.2, 0) is 9.63 Å². The molecule has 0 radical (unpaired) electrons. The first kappa shape index (κ1) is 16.0. The second-order valence-corrected chi connectivity index (χ2v) is 6.19. The number of ether oxygens (including phenoxy) is 1. The molecule has 0 saturated carbocycles. The van der Waals surface area contributed by atoms with Gasteiger partial charge in [0, 0.05) is 18.7 Å². The van der Waals surface area contributed by atoms with Gasteiger partial charge in [-0.05, 0) is 37.1 Å². The van der Waals surface area contributed by atoms with Crippen LogP contribution < -0.4 is 4.74 Å². The molecule has 114 valence electrons. The van der Waals surface area contributed by atoms with Crippen LogP contribution in [0.2, 0.25) is 0 Å². The number of amides is 1. The Hall–Kier alpha value is -1.33. The Bertz CT molecular complexity index is 563. The molecule has 1 aliphatic rings. The number of benzene rings is 1. The van der Waals surface area contributed by atoms with Crippen molar-refractivity contribution in [3.8, 4) is 5.75 Å². The minimum absolute atomic E-state index is 0.122. The summed E-state index contributed by atoms with van der Waals surface area (Å²) in [7, 11) is 1.65. The fraction of sp³-hybridized carbons (Fsp3) is 0.438. The molecule has 0 spiro atoms. The predicted octanol–water partition coefficient (Wildman–Crippen LogP) is 3.76. The standard InChI is InChI=1S/C16H20BrNO3/c1-11(19)18-15(10-17)14(9-16(2,3)21-18)12-5-7-13(20-4)8-6-12/h5-8H,9-10H2,1-4H3. The predicted molar refractivity (Wildman–Crippen MR) is 86.0 cm³/mol. The van der Waals surface area contributed by atoms with Gasteiger partial charge in [0.05, 0.1) is 18.4 Å². The van der Waals surface area contributed by atoms with Crippen LogP contribution in [0.1, 0.15) is 32.8 Å². The lowest BCUT2D eigenvalue weighted by atomic mass is 9.90. The van der Waals surface area contributed by atoms with Crippen LogP contribution in [0.3, 0.4) is 0 Å². The smallest absolute Gasteiger partial charge is 0.247 e. The van der Waals surface area contributed by atoms with Gasteiger partial charge in [0.15, 0.2) is 0 Å². The van der Waals surface area contributed by atoms with Crippen molar-refractivity contribution in [2.75, 3.05) is 12.4 Å². The minimum Gasteiger partial charge on any atom is -0.497 e. The molecule has 0 fully saturated rings. The van der Waals surface area contributed by atoms with Gasteiger partial charge in [-0.3, -0.25) is 9.63 Å². The average Bonchev–Trinajstić information content (AvgIpc) is 2.45. The van der Waals surface area contributed by atoms with Crippen molar-refractivity contribution in [3.63, 3.8) is 0 Å². The molecule has 2 rings (SSSR count). The van der Waals surface area contributed by atoms with E-state index < -0.39 is 5.60 Å². The van der Waals surface area contributed by atoms with Gasteiger partial charge in [-0.15, -0.1) is 0 Å². The molecule has 4 nitrogen and oxygen atoms in total. The number of carbonyl (C=O) groups excluding carboxylic acids is 1. The number of carbonyl (C=O) groups is 1. The first-order valence-electron chi connectivity index (χ1n) is 6.80. The summed E-state index contributed by atoms with van der Waals surface area (Å²) in [6.07, 6.45) is 0.740. The van der Waals surface area contributed by atoms with E-state index in [4.69, 9.17) is 9.57 Å². The van der Waals surface area contributed by atoms with Crippen molar-refractivity contribution in [1.29, 1.82) is 0 Å². The van der Waals surface area contributed by atoms with Crippen LogP contribution >= 0.6 is 15.9 Å². The number of hydrogen-bond donors (Lipinski definition) is 0. The molecule has 0 atom stereocenters. The lowest BCUT2D eigenvalue weighted by molar-refractivity contribution is -0.218. The van der Waals surface area contributed by atoms with Crippen molar-refractivity contribution >= 4 is 27.4 Å². The molecule has 5 heteroatoms. The third-order valence-electron chi connectivity index (χ3n) is 3.39. The van der Waals surface area contributed by atoms with Gasteiger partial charge in [-0.25, -0.2) is 0 Å². The highest BCUT2D eigenvalue weighted by atomic mass is 79.9. The maximum atomic E-state index is 11.9. The van der Waals surface area contributed by atoms with Crippen molar-refractivity contribution < 1.29 is 14.4 Å². The number of rotatable bonds is 3. The van der Waals surface area contributed by atoms with Gasteiger partial charge in [0.2, 0.25) is 5.91 Å². The number of methoxy groups -OCH3 is 1. The Labute approximate surface area is 133 Å². The second kappa shape index (κ2) is 6.20. The number of halogens is 1. The molecule has 1 aromatic rings. The molecule has 0 bridgehead atoms. The van der Waals surface area contributed by atoms with Crippen molar-refractivity contribution in [3.05, 3.63) is 35.5 Å². The summed E-state index contributed by atoms with van der Waals surface area (Å²) in [4.78, 5) is 17.7. The van der Waals surface area contributed by atoms with E-state index in [1.165, 1.54) is 12.0 Å². The summed E-state index contributed by atoms with van der Waals surface area (Å²) >= 11 is 3.47. The third-order valence-corrected chi connectivity index (χ3v) is 3.92. The maximum Gasteiger partial charge on any atom is 0.247 e. The molecule has 1 heterocycles. The SMILES string of the molecule is COc1ccc(C2=C(CBr)N(C(C)=O)OC(C)(C)C2)cc1. The minimum atomic E-state index is -0.424. The number of hydroxylamine groups is 2. The Morgan fingerprint density at radius 1 is 1.38 bits per heavy atom. The third kappa shape index (κ3) is 3.47. The van der Waals surface area contributed by atoms with E-state index in [-0.39, 0.29) is 5.91 Å². The van der Waals surface area contributed by atoms with Crippen LogP contribution in [0.15, 0.2) is 30.0 Å². The van der Waals surface area contributed by atoms with Crippen molar-refractivity contribution in [1.82, 2.24) is 5.06 Å². The van der Waals surface area contributed by atoms with Crippen molar-refractivity contribution in [2.24, 2.45) is 0 Å². The lowest BCUT2D eigenvalue weighted by Crippen LogP contribution is -2.43. The first-order chi connectivity index (χ1) is 9.88. The second-order valence-electron chi connectivity index (χ2n) is 5.63. The number of allylic oxidation sites excluding steroid dienone is 1. The Balaban J connectivity index is 2.50. The first-order valence-corrected chi connectivity index (χ1v) is 7.92. The van der Waals surface area contributed by atoms with E-state index in [2.05, 4.69) is 15.9 Å². The molecule has 21 heavy (non-hydrogen) atoms. The summed E-state index contributed by atoms with van der Waals surface area (Å²) < 4.78 is 5.20. The highest BCUT2D eigenvalue weighted by Crippen LogP contribution is 2.38. The Morgan fingerprint density at radius 2 is 2.00 bits per heavy atom. The largest absolute Gasteiger partial charge is 0.497 e. The summed E-state index contributed by atoms with van der Waals surface area (Å²) in [6.45, 7) is 5.48. The van der Waals surface area contributed by atoms with E-state index >= 15 is 0 Å². The molecule has 0 N–H and O–H groups in total. The van der Waals surface area contributed by atoms with Crippen LogP contribution in [0.4, 0.5) is 0 Å². The van der Waals surface area contributed by atoms with E-state index in [0.717, 1.165) is 29.0 Å². The van der Waals surface area contributed by atoms with E-state index in [1.54, 1.807) is 7.11 Å². The quantitative estimate of drug-likeness (QED) is 0.776. The fourth-order valence-electron chi connectivity index (χ4n) is 2.43. The molecular weight excluding hydrogens is 334 g/mol. The van der Waals surface area contributed by atoms with Crippen molar-refractivity contribution in [2.45, 2.75) is 32.8 Å². The van der Waals surface area contributed by atoms with Gasteiger partial charge >= 0.3 is 0 Å². The summed E-state index contributed by atoms with van der Waals surface area (Å²) in [5, 5.41) is 1.96. The molecule has 0 aromatic heterocycles. The molecule has 1 aromatic carbocycles. The number of hydrogen-bond acceptors (Lipinski definition) is 3.